The van der Waals surface area contributed by atoms with E-state index in [0.717, 1.165) is 18.4 Å². The Balaban J connectivity index is 1.75. The fourth-order valence-corrected chi connectivity index (χ4v) is 3.32. The van der Waals surface area contributed by atoms with Crippen LogP contribution in [0.5, 0.6) is 0 Å². The maximum absolute atomic E-state index is 11.6. The number of nitrogens with zero attached hydrogens (tertiary/aromatic N) is 1. The van der Waals surface area contributed by atoms with Crippen molar-refractivity contribution in [3.8, 4) is 0 Å². The van der Waals surface area contributed by atoms with E-state index >= 15 is 0 Å². The molecule has 0 aromatic rings. The van der Waals surface area contributed by atoms with Crippen LogP contribution in [0.2, 0.25) is 0 Å². The van der Waals surface area contributed by atoms with Crippen LogP contribution in [0.25, 0.3) is 0 Å². The average molecular weight is 240 g/mol. The molecule has 2 rings (SSSR count). The molecule has 2 bridgehead atoms. The number of carbonyl (C=O) groups is 2. The molecule has 2 aliphatic carbocycles. The largest absolute Gasteiger partial charge is 0.480 e. The van der Waals surface area contributed by atoms with Crippen molar-refractivity contribution >= 4 is 12.0 Å². The molecule has 5 nitrogen and oxygen atoms in total. The van der Waals surface area contributed by atoms with Gasteiger partial charge >= 0.3 is 12.0 Å². The van der Waals surface area contributed by atoms with Gasteiger partial charge in [-0.3, -0.25) is 4.79 Å². The van der Waals surface area contributed by atoms with Crippen LogP contribution >= 0.6 is 0 Å². The van der Waals surface area contributed by atoms with E-state index in [1.165, 1.54) is 25.7 Å². The first-order valence-electron chi connectivity index (χ1n) is 6.27. The summed E-state index contributed by atoms with van der Waals surface area (Å²) in [6.07, 6.45) is 5.23. The van der Waals surface area contributed by atoms with Crippen LogP contribution < -0.4 is 5.32 Å². The summed E-state index contributed by atoms with van der Waals surface area (Å²) in [6.45, 7) is 0.451. The minimum Gasteiger partial charge on any atom is -0.480 e. The maximum atomic E-state index is 11.6. The molecule has 2 N–H and O–H groups in total. The van der Waals surface area contributed by atoms with Crippen LogP contribution in [-0.4, -0.2) is 42.1 Å². The van der Waals surface area contributed by atoms with Crippen molar-refractivity contribution in [3.63, 3.8) is 0 Å². The van der Waals surface area contributed by atoms with Crippen molar-refractivity contribution in [1.82, 2.24) is 10.2 Å². The quantitative estimate of drug-likeness (QED) is 0.774. The number of hydrogen-bond acceptors (Lipinski definition) is 2. The molecule has 17 heavy (non-hydrogen) atoms. The van der Waals surface area contributed by atoms with E-state index in [-0.39, 0.29) is 12.6 Å². The van der Waals surface area contributed by atoms with Gasteiger partial charge in [-0.25, -0.2) is 4.79 Å². The van der Waals surface area contributed by atoms with Gasteiger partial charge in [-0.2, -0.15) is 0 Å². The maximum Gasteiger partial charge on any atom is 0.323 e. The second-order valence-electron chi connectivity index (χ2n) is 5.37. The molecule has 0 aromatic heterocycles. The summed E-state index contributed by atoms with van der Waals surface area (Å²) in [4.78, 5) is 23.6. The van der Waals surface area contributed by atoms with E-state index < -0.39 is 5.97 Å². The van der Waals surface area contributed by atoms with Crippen molar-refractivity contribution in [1.29, 1.82) is 0 Å². The Morgan fingerprint density at radius 2 is 2.12 bits per heavy atom. The van der Waals surface area contributed by atoms with Crippen molar-refractivity contribution in [2.45, 2.75) is 25.7 Å². The molecule has 96 valence electrons. The van der Waals surface area contributed by atoms with Gasteiger partial charge in [0.25, 0.3) is 0 Å². The third kappa shape index (κ3) is 2.90. The number of amides is 2. The average Bonchev–Trinajstić information content (AvgIpc) is 2.87. The highest BCUT2D eigenvalue weighted by atomic mass is 16.4. The molecular formula is C12H20N2O3. The number of aliphatic carboxylic acids is 1. The molecular weight excluding hydrogens is 220 g/mol. The number of hydrogen-bond donors (Lipinski definition) is 2. The fourth-order valence-electron chi connectivity index (χ4n) is 3.32. The lowest BCUT2D eigenvalue weighted by Crippen LogP contribution is -2.42. The smallest absolute Gasteiger partial charge is 0.323 e. The monoisotopic (exact) mass is 240 g/mol. The lowest BCUT2D eigenvalue weighted by atomic mass is 9.88. The summed E-state index contributed by atoms with van der Waals surface area (Å²) in [7, 11) is 1.74. The fraction of sp³-hybridized carbons (Fsp3) is 0.833. The Bertz CT molecular complexity index is 319. The molecule has 3 atom stereocenters. The van der Waals surface area contributed by atoms with Gasteiger partial charge in [-0.15, -0.1) is 0 Å². The highest BCUT2D eigenvalue weighted by molar-refractivity contribution is 5.79. The van der Waals surface area contributed by atoms with Crippen LogP contribution in [0, 0.1) is 17.8 Å². The van der Waals surface area contributed by atoms with Gasteiger partial charge < -0.3 is 15.3 Å². The second kappa shape index (κ2) is 4.94. The summed E-state index contributed by atoms with van der Waals surface area (Å²) in [6, 6.07) is -0.282. The van der Waals surface area contributed by atoms with Gasteiger partial charge in [0.15, 0.2) is 0 Å². The van der Waals surface area contributed by atoms with Crippen LogP contribution in [0.1, 0.15) is 25.7 Å². The molecule has 2 saturated carbocycles. The van der Waals surface area contributed by atoms with Gasteiger partial charge in [0, 0.05) is 13.6 Å². The predicted molar refractivity (Wildman–Crippen MR) is 62.6 cm³/mol. The molecule has 2 aliphatic rings. The van der Waals surface area contributed by atoms with Crippen molar-refractivity contribution in [3.05, 3.63) is 0 Å². The summed E-state index contributed by atoms with van der Waals surface area (Å²) in [5.74, 6) is 1.27. The molecule has 3 unspecified atom stereocenters. The molecule has 0 aliphatic heterocycles. The molecule has 5 heteroatoms. The topological polar surface area (TPSA) is 69.6 Å². The number of urea groups is 1. The molecule has 0 aromatic carbocycles. The molecule has 0 spiro atoms. The summed E-state index contributed by atoms with van der Waals surface area (Å²) in [5, 5.41) is 10.9. The normalized spacial score (nSPS) is 30.3. The Kier molecular flexibility index (Phi) is 3.54. The second-order valence-corrected chi connectivity index (χ2v) is 5.37. The number of nitrogens with one attached hydrogen (secondary N) is 1. The van der Waals surface area contributed by atoms with Crippen LogP contribution in [0.3, 0.4) is 0 Å². The molecule has 2 fully saturated rings. The van der Waals surface area contributed by atoms with E-state index in [1.54, 1.807) is 11.9 Å². The van der Waals surface area contributed by atoms with E-state index in [9.17, 15) is 9.59 Å². The third-order valence-electron chi connectivity index (χ3n) is 4.13. The highest BCUT2D eigenvalue weighted by Crippen LogP contribution is 2.48. The summed E-state index contributed by atoms with van der Waals surface area (Å²) in [5.41, 5.74) is 0. The Labute approximate surface area is 101 Å². The van der Waals surface area contributed by atoms with E-state index in [4.69, 9.17) is 5.11 Å². The van der Waals surface area contributed by atoms with Gasteiger partial charge in [0.1, 0.15) is 6.54 Å². The SMILES string of the molecule is CN(CC1CC2CCC1C2)C(=O)NCC(=O)O. The molecule has 0 saturated heterocycles. The van der Waals surface area contributed by atoms with Crippen LogP contribution in [0.4, 0.5) is 4.79 Å². The predicted octanol–water partition coefficient (Wildman–Crippen LogP) is 1.15. The lowest BCUT2D eigenvalue weighted by Gasteiger charge is -2.27. The first-order valence-corrected chi connectivity index (χ1v) is 6.27. The van der Waals surface area contributed by atoms with Gasteiger partial charge in [-0.1, -0.05) is 6.42 Å². The minimum atomic E-state index is -1.01. The Morgan fingerprint density at radius 1 is 1.35 bits per heavy atom. The first kappa shape index (κ1) is 12.2. The number of carbonyl (C=O) groups excluding carboxylic acids is 1. The third-order valence-corrected chi connectivity index (χ3v) is 4.13. The number of fused-ring (bicyclic) bond motifs is 2. The van der Waals surface area contributed by atoms with Crippen LogP contribution in [-0.2, 0) is 4.79 Å². The zero-order valence-corrected chi connectivity index (χ0v) is 10.2. The highest BCUT2D eigenvalue weighted by Gasteiger charge is 2.40. The van der Waals surface area contributed by atoms with Gasteiger partial charge in [0.05, 0.1) is 0 Å². The number of carboxylic acid groups (broad SMARTS) is 1. The van der Waals surface area contributed by atoms with Crippen molar-refractivity contribution in [2.75, 3.05) is 20.1 Å². The zero-order valence-electron chi connectivity index (χ0n) is 10.2. The Hall–Kier alpha value is -1.26. The first-order chi connectivity index (χ1) is 8.06. The number of rotatable bonds is 4. The molecule has 0 radical (unpaired) electrons. The zero-order chi connectivity index (χ0) is 12.4. The molecule has 2 amide bonds. The Morgan fingerprint density at radius 3 is 2.65 bits per heavy atom. The minimum absolute atomic E-state index is 0.282. The summed E-state index contributed by atoms with van der Waals surface area (Å²) < 4.78 is 0. The van der Waals surface area contributed by atoms with E-state index in [0.29, 0.717) is 5.92 Å². The number of carboxylic acids is 1. The summed E-state index contributed by atoms with van der Waals surface area (Å²) >= 11 is 0. The van der Waals surface area contributed by atoms with Crippen molar-refractivity contribution < 1.29 is 14.7 Å². The lowest BCUT2D eigenvalue weighted by molar-refractivity contribution is -0.135. The van der Waals surface area contributed by atoms with Gasteiger partial charge in [-0.05, 0) is 37.0 Å². The van der Waals surface area contributed by atoms with Crippen molar-refractivity contribution in [2.24, 2.45) is 17.8 Å². The standard InChI is InChI=1S/C12H20N2O3/c1-14(12(17)13-6-11(15)16)7-10-5-8-2-3-9(10)4-8/h8-10H,2-7H2,1H3,(H,13,17)(H,15,16). The van der Waals surface area contributed by atoms with Crippen LogP contribution in [0.15, 0.2) is 0 Å². The van der Waals surface area contributed by atoms with E-state index in [1.807, 2.05) is 0 Å². The van der Waals surface area contributed by atoms with E-state index in [2.05, 4.69) is 5.32 Å². The van der Waals surface area contributed by atoms with Gasteiger partial charge in [0.2, 0.25) is 0 Å². The molecule has 0 heterocycles.